The second-order valence-corrected chi connectivity index (χ2v) is 6.34. The highest BCUT2D eigenvalue weighted by Gasteiger charge is 2.35. The highest BCUT2D eigenvalue weighted by molar-refractivity contribution is 5.86. The Bertz CT molecular complexity index is 961. The van der Waals surface area contributed by atoms with Crippen molar-refractivity contribution in [3.8, 4) is 11.4 Å². The highest BCUT2D eigenvalue weighted by Crippen LogP contribution is 2.23. The van der Waals surface area contributed by atoms with Crippen molar-refractivity contribution in [1.82, 2.24) is 31.3 Å². The molecule has 0 unspecified atom stereocenters. The summed E-state index contributed by atoms with van der Waals surface area (Å²) in [6, 6.07) is 16.3. The number of carbonyl (C=O) groups is 2. The number of morpholine rings is 1. The van der Waals surface area contributed by atoms with E-state index < -0.39 is 12.1 Å². The summed E-state index contributed by atoms with van der Waals surface area (Å²) in [6.07, 6.45) is -0.805. The van der Waals surface area contributed by atoms with Crippen molar-refractivity contribution in [2.45, 2.75) is 18.7 Å². The van der Waals surface area contributed by atoms with Crippen LogP contribution in [-0.2, 0) is 20.9 Å². The first-order valence-electron chi connectivity index (χ1n) is 8.77. The molecule has 28 heavy (non-hydrogen) atoms. The van der Waals surface area contributed by atoms with Crippen LogP contribution in [0.1, 0.15) is 17.2 Å². The van der Waals surface area contributed by atoms with Gasteiger partial charge in [0.15, 0.2) is 6.10 Å². The lowest BCUT2D eigenvalue weighted by molar-refractivity contribution is -0.148. The summed E-state index contributed by atoms with van der Waals surface area (Å²) in [7, 11) is 0. The van der Waals surface area contributed by atoms with Crippen LogP contribution in [0.2, 0.25) is 0 Å². The summed E-state index contributed by atoms with van der Waals surface area (Å²) in [6.45, 7) is 0.161. The zero-order chi connectivity index (χ0) is 19.3. The second-order valence-electron chi connectivity index (χ2n) is 6.34. The molecule has 9 heteroatoms. The normalized spacial score (nSPS) is 19.1. The molecule has 142 valence electrons. The third-order valence-corrected chi connectivity index (χ3v) is 4.43. The molecule has 2 aromatic carbocycles. The van der Waals surface area contributed by atoms with Crippen LogP contribution >= 0.6 is 0 Å². The lowest BCUT2D eigenvalue weighted by Crippen LogP contribution is -2.52. The molecule has 3 N–H and O–H groups in total. The van der Waals surface area contributed by atoms with Gasteiger partial charge >= 0.3 is 0 Å². The first kappa shape index (κ1) is 17.8. The van der Waals surface area contributed by atoms with E-state index >= 15 is 0 Å². The Morgan fingerprint density at radius 3 is 2.82 bits per heavy atom. The van der Waals surface area contributed by atoms with E-state index in [2.05, 4.69) is 31.3 Å². The average Bonchev–Trinajstić information content (AvgIpc) is 3.28. The molecule has 2 amide bonds. The summed E-state index contributed by atoms with van der Waals surface area (Å²) < 4.78 is 5.53. The van der Waals surface area contributed by atoms with Crippen molar-refractivity contribution < 1.29 is 14.3 Å². The number of aromatic amines is 1. The van der Waals surface area contributed by atoms with Crippen LogP contribution in [0.4, 0.5) is 0 Å². The molecule has 0 saturated carbocycles. The number of hydrogen-bond donors (Lipinski definition) is 3. The number of amides is 2. The van der Waals surface area contributed by atoms with Gasteiger partial charge < -0.3 is 15.4 Å². The minimum Gasteiger partial charge on any atom is -0.356 e. The number of ether oxygens (including phenoxy) is 1. The van der Waals surface area contributed by atoms with Gasteiger partial charge in [-0.2, -0.15) is 5.21 Å². The summed E-state index contributed by atoms with van der Waals surface area (Å²) in [5.74, 6) is -0.0554. The third kappa shape index (κ3) is 3.89. The molecule has 0 aliphatic carbocycles. The second kappa shape index (κ2) is 7.97. The molecule has 1 aliphatic heterocycles. The van der Waals surface area contributed by atoms with Gasteiger partial charge in [0, 0.05) is 12.1 Å². The van der Waals surface area contributed by atoms with Gasteiger partial charge in [0.25, 0.3) is 5.91 Å². The number of rotatable bonds is 5. The van der Waals surface area contributed by atoms with Gasteiger partial charge in [-0.05, 0) is 22.4 Å². The van der Waals surface area contributed by atoms with Gasteiger partial charge in [0.1, 0.15) is 6.61 Å². The third-order valence-electron chi connectivity index (χ3n) is 4.43. The van der Waals surface area contributed by atoms with Crippen molar-refractivity contribution >= 4 is 11.8 Å². The molecule has 9 nitrogen and oxygen atoms in total. The van der Waals surface area contributed by atoms with E-state index in [0.29, 0.717) is 12.4 Å². The van der Waals surface area contributed by atoms with E-state index in [9.17, 15) is 9.59 Å². The Hall–Kier alpha value is -3.59. The largest absolute Gasteiger partial charge is 0.356 e. The van der Waals surface area contributed by atoms with Gasteiger partial charge in [-0.3, -0.25) is 9.59 Å². The van der Waals surface area contributed by atoms with Crippen LogP contribution in [0, 0.1) is 0 Å². The summed E-state index contributed by atoms with van der Waals surface area (Å²) in [5, 5.41) is 19.6. The first-order valence-corrected chi connectivity index (χ1v) is 8.77. The van der Waals surface area contributed by atoms with E-state index in [4.69, 9.17) is 4.74 Å². The molecule has 1 saturated heterocycles. The molecule has 0 radical (unpaired) electrons. The van der Waals surface area contributed by atoms with Gasteiger partial charge in [-0.25, -0.2) is 0 Å². The standard InChI is InChI=1S/C19H18N6O3/c26-15-11-28-17(16(21-15)13-6-2-1-3-7-13)19(27)20-10-12-5-4-8-14(9-12)18-22-24-25-23-18/h1-9,16-17H,10-11H2,(H,20,27)(H,21,26)(H,22,23,24,25)/t16-,17+/m1/s1. The molecule has 2 atom stereocenters. The quantitative estimate of drug-likeness (QED) is 0.602. The average molecular weight is 378 g/mol. The van der Waals surface area contributed by atoms with Crippen molar-refractivity contribution in [2.24, 2.45) is 0 Å². The Kier molecular flexibility index (Phi) is 5.07. The van der Waals surface area contributed by atoms with Gasteiger partial charge in [0.05, 0.1) is 6.04 Å². The monoisotopic (exact) mass is 378 g/mol. The Morgan fingerprint density at radius 1 is 1.18 bits per heavy atom. The number of H-pyrrole nitrogens is 1. The Balaban J connectivity index is 1.45. The predicted molar refractivity (Wildman–Crippen MR) is 98.5 cm³/mol. The zero-order valence-corrected chi connectivity index (χ0v) is 14.8. The maximum absolute atomic E-state index is 12.7. The molecule has 2 heterocycles. The molecule has 0 spiro atoms. The van der Waals surface area contributed by atoms with Crippen LogP contribution in [0.3, 0.4) is 0 Å². The minimum atomic E-state index is -0.805. The molecule has 3 aromatic rings. The van der Waals surface area contributed by atoms with Gasteiger partial charge in [-0.1, -0.05) is 48.5 Å². The number of benzene rings is 2. The molecular formula is C19H18N6O3. The van der Waals surface area contributed by atoms with Crippen LogP contribution < -0.4 is 10.6 Å². The van der Waals surface area contributed by atoms with Crippen molar-refractivity contribution in [3.05, 3.63) is 65.7 Å². The first-order chi connectivity index (χ1) is 13.7. The van der Waals surface area contributed by atoms with Crippen LogP contribution in [0.25, 0.3) is 11.4 Å². The SMILES string of the molecule is O=C1CO[C@H](C(=O)NCc2cccc(-c3nn[nH]n3)c2)[C@@H](c2ccccc2)N1. The predicted octanol–water partition coefficient (Wildman–Crippen LogP) is 0.739. The fourth-order valence-corrected chi connectivity index (χ4v) is 3.09. The number of carbonyl (C=O) groups excluding carboxylic acids is 2. The number of nitrogens with one attached hydrogen (secondary N) is 3. The highest BCUT2D eigenvalue weighted by atomic mass is 16.5. The van der Waals surface area contributed by atoms with Crippen molar-refractivity contribution in [1.29, 1.82) is 0 Å². The van der Waals surface area contributed by atoms with Crippen LogP contribution in [0.5, 0.6) is 0 Å². The van der Waals surface area contributed by atoms with Crippen LogP contribution in [0.15, 0.2) is 54.6 Å². The number of tetrazole rings is 1. The van der Waals surface area contributed by atoms with Gasteiger partial charge in [0.2, 0.25) is 11.7 Å². The van der Waals surface area contributed by atoms with Crippen LogP contribution in [-0.4, -0.2) is 45.1 Å². The van der Waals surface area contributed by atoms with E-state index in [1.54, 1.807) is 0 Å². The number of nitrogens with zero attached hydrogens (tertiary/aromatic N) is 3. The summed E-state index contributed by atoms with van der Waals surface area (Å²) in [4.78, 5) is 24.5. The summed E-state index contributed by atoms with van der Waals surface area (Å²) >= 11 is 0. The molecule has 1 aromatic heterocycles. The van der Waals surface area contributed by atoms with E-state index in [1.807, 2.05) is 54.6 Å². The number of aromatic nitrogens is 4. The maximum Gasteiger partial charge on any atom is 0.251 e. The van der Waals surface area contributed by atoms with Crippen molar-refractivity contribution in [3.63, 3.8) is 0 Å². The van der Waals surface area contributed by atoms with E-state index in [0.717, 1.165) is 16.7 Å². The Morgan fingerprint density at radius 2 is 2.04 bits per heavy atom. The lowest BCUT2D eigenvalue weighted by Gasteiger charge is -2.31. The number of hydrogen-bond acceptors (Lipinski definition) is 6. The van der Waals surface area contributed by atoms with Gasteiger partial charge in [-0.15, -0.1) is 10.2 Å². The van der Waals surface area contributed by atoms with Crippen molar-refractivity contribution in [2.75, 3.05) is 6.61 Å². The molecule has 1 fully saturated rings. The smallest absolute Gasteiger partial charge is 0.251 e. The zero-order valence-electron chi connectivity index (χ0n) is 14.8. The molecule has 1 aliphatic rings. The Labute approximate surface area is 160 Å². The molecule has 0 bridgehead atoms. The van der Waals surface area contributed by atoms with E-state index in [1.165, 1.54) is 0 Å². The fraction of sp³-hybridized carbons (Fsp3) is 0.211. The molecular weight excluding hydrogens is 360 g/mol. The van der Waals surface area contributed by atoms with E-state index in [-0.39, 0.29) is 18.4 Å². The maximum atomic E-state index is 12.7. The topological polar surface area (TPSA) is 122 Å². The minimum absolute atomic E-state index is 0.144. The fourth-order valence-electron chi connectivity index (χ4n) is 3.09. The lowest BCUT2D eigenvalue weighted by atomic mass is 9.99. The summed E-state index contributed by atoms with van der Waals surface area (Å²) in [5.41, 5.74) is 2.49. The molecule has 4 rings (SSSR count).